The van der Waals surface area contributed by atoms with Crippen LogP contribution in [-0.4, -0.2) is 37.1 Å². The molecule has 4 nitrogen and oxygen atoms in total. The zero-order chi connectivity index (χ0) is 20.4. The molecule has 27 heavy (non-hydrogen) atoms. The Balaban J connectivity index is 2.19. The average molecular weight is 397 g/mol. The first kappa shape index (κ1) is 21.3. The molecule has 1 aromatic carbocycles. The largest absolute Gasteiger partial charge is 0.416 e. The third kappa shape index (κ3) is 5.75. The average Bonchev–Trinajstić information content (AvgIpc) is 2.53. The lowest BCUT2D eigenvalue weighted by Gasteiger charge is -2.36. The second-order valence-electron chi connectivity index (χ2n) is 6.81. The molecule has 2 atom stereocenters. The number of benzene rings is 1. The van der Waals surface area contributed by atoms with E-state index in [1.165, 1.54) is 0 Å². The van der Waals surface area contributed by atoms with Gasteiger partial charge in [0.15, 0.2) is 0 Å². The topological polar surface area (TPSA) is 44.4 Å². The molecular weight excluding hydrogens is 376 g/mol. The quantitative estimate of drug-likeness (QED) is 0.725. The minimum atomic E-state index is -4.96. The lowest BCUT2D eigenvalue weighted by molar-refractivity contribution is -0.143. The number of carbonyl (C=O) groups is 1. The van der Waals surface area contributed by atoms with Crippen molar-refractivity contribution in [2.24, 2.45) is 0 Å². The minimum absolute atomic E-state index is 0.0201. The van der Waals surface area contributed by atoms with Crippen molar-refractivity contribution < 1.29 is 31.1 Å². The van der Waals surface area contributed by atoms with Crippen LogP contribution < -0.4 is 10.6 Å². The number of anilines is 1. The van der Waals surface area contributed by atoms with Gasteiger partial charge in [0.2, 0.25) is 0 Å². The molecule has 0 aromatic heterocycles. The summed E-state index contributed by atoms with van der Waals surface area (Å²) in [7, 11) is 3.70. The van der Waals surface area contributed by atoms with Gasteiger partial charge in [-0.1, -0.05) is 12.8 Å². The summed E-state index contributed by atoms with van der Waals surface area (Å²) in [5.41, 5.74) is -3.51. The molecule has 0 heterocycles. The lowest BCUT2D eigenvalue weighted by Crippen LogP contribution is -2.52. The predicted molar refractivity (Wildman–Crippen MR) is 88.3 cm³/mol. The molecule has 2 N–H and O–H groups in total. The summed E-state index contributed by atoms with van der Waals surface area (Å²) in [6.45, 7) is 0. The van der Waals surface area contributed by atoms with E-state index in [-0.39, 0.29) is 18.2 Å². The number of urea groups is 1. The van der Waals surface area contributed by atoms with Crippen LogP contribution in [-0.2, 0) is 12.4 Å². The number of alkyl halides is 6. The van der Waals surface area contributed by atoms with Crippen molar-refractivity contribution in [1.82, 2.24) is 10.2 Å². The van der Waals surface area contributed by atoms with Crippen molar-refractivity contribution >= 4 is 11.7 Å². The van der Waals surface area contributed by atoms with E-state index < -0.39 is 35.2 Å². The highest BCUT2D eigenvalue weighted by molar-refractivity contribution is 5.89. The van der Waals surface area contributed by atoms with Crippen LogP contribution in [0.15, 0.2) is 18.2 Å². The fourth-order valence-electron chi connectivity index (χ4n) is 3.26. The van der Waals surface area contributed by atoms with Gasteiger partial charge in [0, 0.05) is 17.8 Å². The smallest absolute Gasteiger partial charge is 0.334 e. The van der Waals surface area contributed by atoms with Gasteiger partial charge in [-0.15, -0.1) is 0 Å². The molecule has 2 rings (SSSR count). The van der Waals surface area contributed by atoms with Gasteiger partial charge in [0.1, 0.15) is 0 Å². The molecule has 0 bridgehead atoms. The summed E-state index contributed by atoms with van der Waals surface area (Å²) in [6, 6.07) is -0.0237. The second kappa shape index (κ2) is 7.95. The molecule has 0 aliphatic heterocycles. The van der Waals surface area contributed by atoms with Crippen LogP contribution in [0.2, 0.25) is 0 Å². The third-order valence-corrected chi connectivity index (χ3v) is 4.55. The molecule has 1 aromatic rings. The van der Waals surface area contributed by atoms with Crippen molar-refractivity contribution in [2.75, 3.05) is 19.4 Å². The summed E-state index contributed by atoms with van der Waals surface area (Å²) >= 11 is 0. The molecule has 1 aliphatic rings. The minimum Gasteiger partial charge on any atom is -0.334 e. The number of likely N-dealkylation sites (N-methyl/N-ethyl adjacent to an activating group) is 1. The van der Waals surface area contributed by atoms with E-state index in [4.69, 9.17) is 0 Å². The maximum absolute atomic E-state index is 12.9. The molecule has 0 spiro atoms. The van der Waals surface area contributed by atoms with Gasteiger partial charge in [-0.2, -0.15) is 26.3 Å². The normalized spacial score (nSPS) is 21.2. The molecule has 10 heteroatoms. The molecule has 1 saturated carbocycles. The third-order valence-electron chi connectivity index (χ3n) is 4.55. The zero-order valence-electron chi connectivity index (χ0n) is 14.8. The number of amides is 2. The Morgan fingerprint density at radius 2 is 1.48 bits per heavy atom. The number of nitrogens with one attached hydrogen (secondary N) is 2. The monoisotopic (exact) mass is 397 g/mol. The van der Waals surface area contributed by atoms with E-state index in [9.17, 15) is 31.1 Å². The van der Waals surface area contributed by atoms with E-state index in [1.54, 1.807) is 0 Å². The SMILES string of the molecule is CN(C)[C@@H]1CCCC[C@H]1NC(=O)Nc1cc(C(F)(F)F)cc(C(F)(F)F)c1. The molecule has 1 aliphatic carbocycles. The zero-order valence-corrected chi connectivity index (χ0v) is 14.8. The van der Waals surface area contributed by atoms with Crippen molar-refractivity contribution in [1.29, 1.82) is 0 Å². The first-order valence-corrected chi connectivity index (χ1v) is 8.41. The van der Waals surface area contributed by atoms with E-state index in [0.29, 0.717) is 18.6 Å². The summed E-state index contributed by atoms with van der Waals surface area (Å²) in [5, 5.41) is 4.77. The number of hydrogen-bond donors (Lipinski definition) is 2. The van der Waals surface area contributed by atoms with E-state index >= 15 is 0 Å². The molecular formula is C17H21F6N3O. The highest BCUT2D eigenvalue weighted by atomic mass is 19.4. The second-order valence-corrected chi connectivity index (χ2v) is 6.81. The van der Waals surface area contributed by atoms with Crippen LogP contribution in [0.3, 0.4) is 0 Å². The van der Waals surface area contributed by atoms with Gasteiger partial charge in [-0.25, -0.2) is 4.79 Å². The maximum Gasteiger partial charge on any atom is 0.416 e. The Labute approximate surface area is 152 Å². The van der Waals surface area contributed by atoms with Crippen molar-refractivity contribution in [3.63, 3.8) is 0 Å². The van der Waals surface area contributed by atoms with E-state index in [1.807, 2.05) is 19.0 Å². The summed E-state index contributed by atoms with van der Waals surface area (Å²) in [4.78, 5) is 14.1. The molecule has 0 unspecified atom stereocenters. The Hall–Kier alpha value is -1.97. The molecule has 2 amide bonds. The van der Waals surface area contributed by atoms with Crippen molar-refractivity contribution in [3.05, 3.63) is 29.3 Å². The maximum atomic E-state index is 12.9. The highest BCUT2D eigenvalue weighted by Crippen LogP contribution is 2.37. The van der Waals surface area contributed by atoms with Gasteiger partial charge in [-0.05, 0) is 45.1 Å². The van der Waals surface area contributed by atoms with Crippen LogP contribution in [0.4, 0.5) is 36.8 Å². The molecule has 1 fully saturated rings. The van der Waals surface area contributed by atoms with E-state index in [2.05, 4.69) is 10.6 Å². The fourth-order valence-corrected chi connectivity index (χ4v) is 3.26. The first-order valence-electron chi connectivity index (χ1n) is 8.41. The Morgan fingerprint density at radius 1 is 0.963 bits per heavy atom. The summed E-state index contributed by atoms with van der Waals surface area (Å²) in [6.07, 6.45) is -6.52. The van der Waals surface area contributed by atoms with Crippen molar-refractivity contribution in [3.8, 4) is 0 Å². The van der Waals surface area contributed by atoms with Crippen LogP contribution in [0, 0.1) is 0 Å². The standard InChI is InChI=1S/C17H21F6N3O/c1-26(2)14-6-4-3-5-13(14)25-15(27)24-12-8-10(16(18,19)20)7-11(9-12)17(21,22)23/h7-9,13-14H,3-6H2,1-2H3,(H2,24,25,27)/t13-,14-/m1/s1. The number of hydrogen-bond acceptors (Lipinski definition) is 2. The highest BCUT2D eigenvalue weighted by Gasteiger charge is 2.37. The predicted octanol–water partition coefficient (Wildman–Crippen LogP) is 4.72. The number of rotatable bonds is 3. The molecule has 0 radical (unpaired) electrons. The van der Waals surface area contributed by atoms with Crippen LogP contribution >= 0.6 is 0 Å². The number of nitrogens with zero attached hydrogens (tertiary/aromatic N) is 1. The van der Waals surface area contributed by atoms with Gasteiger partial charge in [0.25, 0.3) is 0 Å². The number of carbonyl (C=O) groups excluding carboxylic acids is 1. The van der Waals surface area contributed by atoms with E-state index in [0.717, 1.165) is 19.3 Å². The number of halogens is 6. The first-order chi connectivity index (χ1) is 12.4. The van der Waals surface area contributed by atoms with Gasteiger partial charge >= 0.3 is 18.4 Å². The summed E-state index contributed by atoms with van der Waals surface area (Å²) < 4.78 is 77.3. The van der Waals surface area contributed by atoms with Crippen LogP contribution in [0.5, 0.6) is 0 Å². The van der Waals surface area contributed by atoms with Gasteiger partial charge in [-0.3, -0.25) is 0 Å². The van der Waals surface area contributed by atoms with Gasteiger partial charge < -0.3 is 15.5 Å². The Bertz CT molecular complexity index is 639. The van der Waals surface area contributed by atoms with Crippen LogP contribution in [0.25, 0.3) is 0 Å². The van der Waals surface area contributed by atoms with Gasteiger partial charge in [0.05, 0.1) is 11.1 Å². The molecule has 152 valence electrons. The Kier molecular flexibility index (Phi) is 6.28. The lowest BCUT2D eigenvalue weighted by atomic mass is 9.89. The Morgan fingerprint density at radius 3 is 1.96 bits per heavy atom. The summed E-state index contributed by atoms with van der Waals surface area (Å²) in [5.74, 6) is 0. The molecule has 0 saturated heterocycles. The fraction of sp³-hybridized carbons (Fsp3) is 0.588. The van der Waals surface area contributed by atoms with Crippen LogP contribution in [0.1, 0.15) is 36.8 Å². The van der Waals surface area contributed by atoms with Crippen molar-refractivity contribution in [2.45, 2.75) is 50.1 Å².